The van der Waals surface area contributed by atoms with E-state index in [0.29, 0.717) is 12.1 Å². The minimum Gasteiger partial charge on any atom is -0.465 e. The molecule has 0 atom stereocenters. The summed E-state index contributed by atoms with van der Waals surface area (Å²) in [4.78, 5) is 11.8. The molecular weight excluding hydrogens is 262 g/mol. The number of hydrogen-bond donors (Lipinski definition) is 1. The maximum Gasteiger partial charge on any atom is 0.339 e. The molecular formula is C18H21NO2. The largest absolute Gasteiger partial charge is 0.465 e. The third kappa shape index (κ3) is 3.85. The minimum atomic E-state index is -0.317. The lowest BCUT2D eigenvalue weighted by atomic mass is 10.1. The van der Waals surface area contributed by atoms with Crippen molar-refractivity contribution in [1.82, 2.24) is 0 Å². The Morgan fingerprint density at radius 2 is 1.76 bits per heavy atom. The molecule has 0 heterocycles. The number of esters is 1. The lowest BCUT2D eigenvalue weighted by molar-refractivity contribution is 0.0601. The van der Waals surface area contributed by atoms with Crippen LogP contribution < -0.4 is 5.32 Å². The second kappa shape index (κ2) is 6.93. The van der Waals surface area contributed by atoms with Crippen LogP contribution in [0.4, 0.5) is 5.69 Å². The van der Waals surface area contributed by atoms with Gasteiger partial charge >= 0.3 is 5.97 Å². The predicted octanol–water partition coefficient (Wildman–Crippen LogP) is 3.96. The molecule has 1 N–H and O–H groups in total. The van der Waals surface area contributed by atoms with E-state index in [1.165, 1.54) is 18.2 Å². The lowest BCUT2D eigenvalue weighted by Gasteiger charge is -2.12. The highest BCUT2D eigenvalue weighted by Crippen LogP contribution is 2.19. The summed E-state index contributed by atoms with van der Waals surface area (Å²) in [6.45, 7) is 4.78. The van der Waals surface area contributed by atoms with Crippen LogP contribution in [-0.2, 0) is 17.7 Å². The molecule has 3 heteroatoms. The van der Waals surface area contributed by atoms with Crippen LogP contribution in [0.3, 0.4) is 0 Å². The number of nitrogens with one attached hydrogen (secondary N) is 1. The quantitative estimate of drug-likeness (QED) is 0.844. The second-order valence-electron chi connectivity index (χ2n) is 5.06. The van der Waals surface area contributed by atoms with E-state index >= 15 is 0 Å². The molecule has 2 rings (SSSR count). The average molecular weight is 283 g/mol. The second-order valence-corrected chi connectivity index (χ2v) is 5.06. The Morgan fingerprint density at radius 1 is 1.10 bits per heavy atom. The molecule has 0 saturated carbocycles. The molecule has 0 radical (unpaired) electrons. The number of carbonyl (C=O) groups excluding carboxylic acids is 1. The van der Waals surface area contributed by atoms with E-state index in [1.54, 1.807) is 0 Å². The molecule has 0 aromatic heterocycles. The molecule has 0 amide bonds. The van der Waals surface area contributed by atoms with E-state index < -0.39 is 0 Å². The minimum absolute atomic E-state index is 0.317. The number of ether oxygens (including phenoxy) is 1. The van der Waals surface area contributed by atoms with Crippen LogP contribution in [0.2, 0.25) is 0 Å². The monoisotopic (exact) mass is 283 g/mol. The van der Waals surface area contributed by atoms with Crippen LogP contribution >= 0.6 is 0 Å². The summed E-state index contributed by atoms with van der Waals surface area (Å²) in [7, 11) is 1.40. The SMILES string of the molecule is CCc1ccc(CNc2ccc(C)cc2C(=O)OC)cc1. The summed E-state index contributed by atoms with van der Waals surface area (Å²) in [6, 6.07) is 14.2. The van der Waals surface area contributed by atoms with Gasteiger partial charge in [-0.15, -0.1) is 0 Å². The van der Waals surface area contributed by atoms with E-state index in [-0.39, 0.29) is 5.97 Å². The van der Waals surface area contributed by atoms with E-state index in [2.05, 4.69) is 36.5 Å². The number of benzene rings is 2. The normalized spacial score (nSPS) is 10.2. The van der Waals surface area contributed by atoms with Gasteiger partial charge in [0.2, 0.25) is 0 Å². The molecule has 2 aromatic rings. The highest BCUT2D eigenvalue weighted by Gasteiger charge is 2.11. The van der Waals surface area contributed by atoms with Crippen LogP contribution in [0.15, 0.2) is 42.5 Å². The third-order valence-corrected chi connectivity index (χ3v) is 3.49. The van der Waals surface area contributed by atoms with E-state index in [4.69, 9.17) is 4.74 Å². The van der Waals surface area contributed by atoms with Crippen molar-refractivity contribution >= 4 is 11.7 Å². The summed E-state index contributed by atoms with van der Waals surface area (Å²) in [5.74, 6) is -0.317. The molecule has 3 nitrogen and oxygen atoms in total. The molecule has 2 aromatic carbocycles. The van der Waals surface area contributed by atoms with Crippen LogP contribution in [0.1, 0.15) is 34.0 Å². The van der Waals surface area contributed by atoms with Crippen molar-refractivity contribution in [1.29, 1.82) is 0 Å². The van der Waals surface area contributed by atoms with Gasteiger partial charge in [0.25, 0.3) is 0 Å². The zero-order valence-corrected chi connectivity index (χ0v) is 12.8. The summed E-state index contributed by atoms with van der Waals surface area (Å²) >= 11 is 0. The molecule has 21 heavy (non-hydrogen) atoms. The fourth-order valence-corrected chi connectivity index (χ4v) is 2.18. The van der Waals surface area contributed by atoms with Gasteiger partial charge in [-0.25, -0.2) is 4.79 Å². The summed E-state index contributed by atoms with van der Waals surface area (Å²) in [5, 5.41) is 3.31. The molecule has 0 aliphatic heterocycles. The first-order valence-corrected chi connectivity index (χ1v) is 7.14. The number of rotatable bonds is 5. The zero-order valence-electron chi connectivity index (χ0n) is 12.8. The summed E-state index contributed by atoms with van der Waals surface area (Å²) in [5.41, 5.74) is 4.91. The molecule has 0 saturated heterocycles. The number of carbonyl (C=O) groups is 1. The van der Waals surface area contributed by atoms with E-state index in [9.17, 15) is 4.79 Å². The van der Waals surface area contributed by atoms with Crippen molar-refractivity contribution in [2.45, 2.75) is 26.8 Å². The lowest BCUT2D eigenvalue weighted by Crippen LogP contribution is -2.08. The maximum atomic E-state index is 11.8. The Labute approximate surface area is 126 Å². The van der Waals surface area contributed by atoms with Gasteiger partial charge in [0.15, 0.2) is 0 Å². The third-order valence-electron chi connectivity index (χ3n) is 3.49. The van der Waals surface area contributed by atoms with Gasteiger partial charge in [-0.1, -0.05) is 42.8 Å². The highest BCUT2D eigenvalue weighted by atomic mass is 16.5. The van der Waals surface area contributed by atoms with Gasteiger partial charge in [-0.3, -0.25) is 0 Å². The van der Waals surface area contributed by atoms with Crippen molar-refractivity contribution in [3.05, 3.63) is 64.7 Å². The van der Waals surface area contributed by atoms with Crippen molar-refractivity contribution in [3.8, 4) is 0 Å². The topological polar surface area (TPSA) is 38.3 Å². The average Bonchev–Trinajstić information content (AvgIpc) is 2.53. The van der Waals surface area contributed by atoms with E-state index in [1.807, 2.05) is 25.1 Å². The van der Waals surface area contributed by atoms with E-state index in [0.717, 1.165) is 17.7 Å². The Morgan fingerprint density at radius 3 is 2.38 bits per heavy atom. The van der Waals surface area contributed by atoms with Gasteiger partial charge in [0.05, 0.1) is 12.7 Å². The standard InChI is InChI=1S/C18H21NO2/c1-4-14-6-8-15(9-7-14)12-19-17-10-5-13(2)11-16(17)18(20)21-3/h5-11,19H,4,12H2,1-3H3. The van der Waals surface area contributed by atoms with Crippen LogP contribution in [0.5, 0.6) is 0 Å². The Kier molecular flexibility index (Phi) is 4.99. The number of anilines is 1. The van der Waals surface area contributed by atoms with Crippen molar-refractivity contribution in [3.63, 3.8) is 0 Å². The first-order valence-electron chi connectivity index (χ1n) is 7.14. The van der Waals surface area contributed by atoms with Gasteiger partial charge in [-0.05, 0) is 36.6 Å². The van der Waals surface area contributed by atoms with Gasteiger partial charge in [0, 0.05) is 12.2 Å². The smallest absolute Gasteiger partial charge is 0.339 e. The van der Waals surface area contributed by atoms with Crippen LogP contribution in [-0.4, -0.2) is 13.1 Å². The fourth-order valence-electron chi connectivity index (χ4n) is 2.18. The van der Waals surface area contributed by atoms with Crippen molar-refractivity contribution < 1.29 is 9.53 Å². The summed E-state index contributed by atoms with van der Waals surface area (Å²) in [6.07, 6.45) is 1.04. The van der Waals surface area contributed by atoms with Gasteiger partial charge in [0.1, 0.15) is 0 Å². The fraction of sp³-hybridized carbons (Fsp3) is 0.278. The van der Waals surface area contributed by atoms with Crippen molar-refractivity contribution in [2.75, 3.05) is 12.4 Å². The molecule has 0 aliphatic rings. The van der Waals surface area contributed by atoms with Gasteiger partial charge < -0.3 is 10.1 Å². The molecule has 0 unspecified atom stereocenters. The first-order chi connectivity index (χ1) is 10.1. The molecule has 110 valence electrons. The number of aryl methyl sites for hydroxylation is 2. The van der Waals surface area contributed by atoms with Crippen LogP contribution in [0.25, 0.3) is 0 Å². The Balaban J connectivity index is 2.13. The Hall–Kier alpha value is -2.29. The molecule has 0 spiro atoms. The highest BCUT2D eigenvalue weighted by molar-refractivity contribution is 5.95. The molecule has 0 bridgehead atoms. The maximum absolute atomic E-state index is 11.8. The summed E-state index contributed by atoms with van der Waals surface area (Å²) < 4.78 is 4.84. The number of methoxy groups -OCH3 is 1. The molecule has 0 fully saturated rings. The predicted molar refractivity (Wildman–Crippen MR) is 85.7 cm³/mol. The zero-order chi connectivity index (χ0) is 15.2. The number of hydrogen-bond acceptors (Lipinski definition) is 3. The van der Waals surface area contributed by atoms with Gasteiger partial charge in [-0.2, -0.15) is 0 Å². The van der Waals surface area contributed by atoms with Crippen LogP contribution in [0, 0.1) is 6.92 Å². The first kappa shape index (κ1) is 15.1. The molecule has 0 aliphatic carbocycles. The van der Waals surface area contributed by atoms with Crippen molar-refractivity contribution in [2.24, 2.45) is 0 Å². The Bertz CT molecular complexity index is 618.